The molecule has 2 aromatic rings. The van der Waals surface area contributed by atoms with Crippen molar-refractivity contribution >= 4 is 35.8 Å². The van der Waals surface area contributed by atoms with Crippen molar-refractivity contribution in [1.82, 2.24) is 30.3 Å². The van der Waals surface area contributed by atoms with Gasteiger partial charge in [-0.25, -0.2) is 0 Å². The molecule has 1 amide bonds. The largest absolute Gasteiger partial charge is 0.357 e. The first-order chi connectivity index (χ1) is 13.4. The van der Waals surface area contributed by atoms with Crippen molar-refractivity contribution < 1.29 is 4.79 Å². The zero-order valence-corrected chi connectivity index (χ0v) is 20.2. The second-order valence-corrected chi connectivity index (χ2v) is 6.96. The molecule has 29 heavy (non-hydrogen) atoms. The Labute approximate surface area is 190 Å². The van der Waals surface area contributed by atoms with Gasteiger partial charge >= 0.3 is 0 Å². The van der Waals surface area contributed by atoms with Gasteiger partial charge in [0.2, 0.25) is 0 Å². The Morgan fingerprint density at radius 1 is 1.34 bits per heavy atom. The summed E-state index contributed by atoms with van der Waals surface area (Å²) in [5.74, 6) is 1.03. The molecule has 160 valence electrons. The highest BCUT2D eigenvalue weighted by Gasteiger charge is 2.15. The van der Waals surface area contributed by atoms with Crippen molar-refractivity contribution in [2.75, 3.05) is 26.7 Å². The number of carbonyl (C=O) groups excluding carboxylic acids is 1. The third kappa shape index (κ3) is 7.64. The Kier molecular flexibility index (Phi) is 10.6. The molecular formula is C20H32IN7O. The molecule has 2 heterocycles. The number of guanidine groups is 1. The molecule has 0 aliphatic carbocycles. The summed E-state index contributed by atoms with van der Waals surface area (Å²) >= 11 is 0. The average Bonchev–Trinajstić information content (AvgIpc) is 3.05. The van der Waals surface area contributed by atoms with E-state index in [0.29, 0.717) is 24.6 Å². The second kappa shape index (κ2) is 12.4. The lowest BCUT2D eigenvalue weighted by Gasteiger charge is -2.22. The summed E-state index contributed by atoms with van der Waals surface area (Å²) < 4.78 is 1.86. The smallest absolute Gasteiger partial charge is 0.252 e. The van der Waals surface area contributed by atoms with Crippen LogP contribution in [-0.4, -0.2) is 58.2 Å². The van der Waals surface area contributed by atoms with E-state index < -0.39 is 0 Å². The minimum atomic E-state index is -0.140. The molecule has 9 heteroatoms. The second-order valence-electron chi connectivity index (χ2n) is 6.96. The zero-order valence-electron chi connectivity index (χ0n) is 17.8. The van der Waals surface area contributed by atoms with E-state index in [2.05, 4.69) is 50.7 Å². The maximum atomic E-state index is 12.1. The molecule has 8 nitrogen and oxygen atoms in total. The van der Waals surface area contributed by atoms with E-state index in [-0.39, 0.29) is 29.9 Å². The first kappa shape index (κ1) is 24.9. The summed E-state index contributed by atoms with van der Waals surface area (Å²) in [6.07, 6.45) is 5.26. The van der Waals surface area contributed by atoms with E-state index in [1.165, 1.54) is 5.56 Å². The molecule has 0 saturated heterocycles. The highest BCUT2D eigenvalue weighted by Crippen LogP contribution is 2.18. The Morgan fingerprint density at radius 2 is 2.10 bits per heavy atom. The van der Waals surface area contributed by atoms with Gasteiger partial charge in [0.15, 0.2) is 5.96 Å². The highest BCUT2D eigenvalue weighted by molar-refractivity contribution is 14.0. The Hall–Kier alpha value is -2.17. The molecule has 0 aromatic carbocycles. The topological polar surface area (TPSA) is 87.4 Å². The van der Waals surface area contributed by atoms with Gasteiger partial charge in [0.05, 0.1) is 17.8 Å². The van der Waals surface area contributed by atoms with Crippen molar-refractivity contribution in [3.8, 4) is 0 Å². The maximum absolute atomic E-state index is 12.1. The fraction of sp³-hybridized carbons (Fsp3) is 0.500. The van der Waals surface area contributed by atoms with E-state index in [9.17, 15) is 4.79 Å². The molecule has 2 N–H and O–H groups in total. The molecule has 2 rings (SSSR count). The number of aromatic nitrogens is 3. The lowest BCUT2D eigenvalue weighted by atomic mass is 10.1. The first-order valence-electron chi connectivity index (χ1n) is 9.62. The van der Waals surface area contributed by atoms with Crippen LogP contribution in [0.1, 0.15) is 48.3 Å². The molecule has 0 unspecified atom stereocenters. The van der Waals surface area contributed by atoms with Crippen LogP contribution in [0.2, 0.25) is 0 Å². The summed E-state index contributed by atoms with van der Waals surface area (Å²) in [5, 5.41) is 10.7. The van der Waals surface area contributed by atoms with Crippen LogP contribution < -0.4 is 10.6 Å². The lowest BCUT2D eigenvalue weighted by molar-refractivity contribution is 0.0954. The molecule has 0 aliphatic heterocycles. The van der Waals surface area contributed by atoms with E-state index in [1.54, 1.807) is 24.5 Å². The fourth-order valence-electron chi connectivity index (χ4n) is 2.89. The Bertz CT molecular complexity index is 789. The molecule has 0 fully saturated rings. The van der Waals surface area contributed by atoms with Crippen molar-refractivity contribution in [1.29, 1.82) is 0 Å². The molecule has 2 aromatic heterocycles. The SMILES string of the molecule is CCNC(=NCCNC(=O)c1cccnc1)N(C)Cc1cn(C)nc1C(C)C.I. The number of aliphatic imine (C=N–C) groups is 1. The van der Waals surface area contributed by atoms with Gasteiger partial charge in [-0.15, -0.1) is 24.0 Å². The van der Waals surface area contributed by atoms with Crippen LogP contribution in [0.15, 0.2) is 35.7 Å². The summed E-state index contributed by atoms with van der Waals surface area (Å²) in [7, 11) is 3.95. The molecular weight excluding hydrogens is 481 g/mol. The predicted octanol–water partition coefficient (Wildman–Crippen LogP) is 2.38. The Morgan fingerprint density at radius 3 is 2.72 bits per heavy atom. The van der Waals surface area contributed by atoms with Crippen LogP contribution in [0.4, 0.5) is 0 Å². The number of hydrogen-bond acceptors (Lipinski definition) is 4. The van der Waals surface area contributed by atoms with Crippen molar-refractivity contribution in [2.24, 2.45) is 12.0 Å². The van der Waals surface area contributed by atoms with E-state index in [1.807, 2.05) is 25.7 Å². The van der Waals surface area contributed by atoms with Gasteiger partial charge in [0.25, 0.3) is 5.91 Å². The maximum Gasteiger partial charge on any atom is 0.252 e. The van der Waals surface area contributed by atoms with Gasteiger partial charge in [-0.3, -0.25) is 19.5 Å². The van der Waals surface area contributed by atoms with E-state index >= 15 is 0 Å². The predicted molar refractivity (Wildman–Crippen MR) is 127 cm³/mol. The van der Waals surface area contributed by atoms with Crippen molar-refractivity contribution in [3.05, 3.63) is 47.5 Å². The quantitative estimate of drug-likeness (QED) is 0.245. The zero-order chi connectivity index (χ0) is 20.5. The molecule has 0 saturated carbocycles. The molecule has 0 atom stereocenters. The van der Waals surface area contributed by atoms with Crippen LogP contribution >= 0.6 is 24.0 Å². The van der Waals surface area contributed by atoms with Crippen molar-refractivity contribution in [2.45, 2.75) is 33.2 Å². The monoisotopic (exact) mass is 513 g/mol. The van der Waals surface area contributed by atoms with Crippen LogP contribution in [0.5, 0.6) is 0 Å². The molecule has 0 spiro atoms. The molecule has 0 aliphatic rings. The number of amides is 1. The summed E-state index contributed by atoms with van der Waals surface area (Å²) in [5.41, 5.74) is 2.85. The van der Waals surface area contributed by atoms with Crippen LogP contribution in [0.25, 0.3) is 0 Å². The number of pyridine rings is 1. The standard InChI is InChI=1S/C20H31N7O.HI/c1-6-22-20(24-11-10-23-19(28)16-8-7-9-21-12-16)26(4)13-17-14-27(5)25-18(17)15(2)3;/h7-9,12,14-15H,6,10-11,13H2,1-5H3,(H,22,24)(H,23,28);1H. The summed E-state index contributed by atoms with van der Waals surface area (Å²) in [6, 6.07) is 3.48. The number of nitrogens with one attached hydrogen (secondary N) is 2. The third-order valence-corrected chi connectivity index (χ3v) is 4.17. The van der Waals surface area contributed by atoms with Crippen LogP contribution in [-0.2, 0) is 13.6 Å². The number of hydrogen-bond donors (Lipinski definition) is 2. The van der Waals surface area contributed by atoms with Crippen LogP contribution in [0.3, 0.4) is 0 Å². The number of rotatable bonds is 8. The number of halogens is 1. The number of aryl methyl sites for hydroxylation is 1. The number of nitrogens with zero attached hydrogens (tertiary/aromatic N) is 5. The lowest BCUT2D eigenvalue weighted by Crippen LogP contribution is -2.39. The van der Waals surface area contributed by atoms with Gasteiger partial charge in [-0.1, -0.05) is 13.8 Å². The summed E-state index contributed by atoms with van der Waals surface area (Å²) in [6.45, 7) is 8.77. The van der Waals surface area contributed by atoms with Crippen molar-refractivity contribution in [3.63, 3.8) is 0 Å². The number of carbonyl (C=O) groups is 1. The minimum absolute atomic E-state index is 0. The van der Waals surface area contributed by atoms with E-state index in [0.717, 1.165) is 24.7 Å². The minimum Gasteiger partial charge on any atom is -0.357 e. The van der Waals surface area contributed by atoms with E-state index in [4.69, 9.17) is 0 Å². The first-order valence-corrected chi connectivity index (χ1v) is 9.62. The van der Waals surface area contributed by atoms with Gasteiger partial charge in [0, 0.05) is 57.9 Å². The average molecular weight is 513 g/mol. The third-order valence-electron chi connectivity index (χ3n) is 4.17. The van der Waals surface area contributed by atoms with Gasteiger partial charge in [0.1, 0.15) is 0 Å². The Balaban J connectivity index is 0.00000420. The van der Waals surface area contributed by atoms with Gasteiger partial charge < -0.3 is 15.5 Å². The summed E-state index contributed by atoms with van der Waals surface area (Å²) in [4.78, 5) is 22.7. The van der Waals surface area contributed by atoms with Gasteiger partial charge in [-0.05, 0) is 25.0 Å². The normalized spacial score (nSPS) is 11.2. The van der Waals surface area contributed by atoms with Crippen LogP contribution in [0, 0.1) is 0 Å². The molecule has 0 radical (unpaired) electrons. The van der Waals surface area contributed by atoms with Gasteiger partial charge in [-0.2, -0.15) is 5.10 Å². The highest BCUT2D eigenvalue weighted by atomic mass is 127. The molecule has 0 bridgehead atoms. The fourth-order valence-corrected chi connectivity index (χ4v) is 2.89.